The SMILES string of the molecule is C[C@]1(CCC(N)=O)C(O)CC[C@@H]2[C@@H]1CC[C@]1(C)C(O)CC[C@@H]21. The van der Waals surface area contributed by atoms with Crippen molar-refractivity contribution in [1.82, 2.24) is 0 Å². The Kier molecular flexibility index (Phi) is 4.05. The summed E-state index contributed by atoms with van der Waals surface area (Å²) in [5.41, 5.74) is 5.22. The molecule has 3 fully saturated rings. The van der Waals surface area contributed by atoms with E-state index in [4.69, 9.17) is 5.73 Å². The number of aliphatic hydroxyl groups is 2. The fourth-order valence-corrected chi connectivity index (χ4v) is 6.15. The van der Waals surface area contributed by atoms with Crippen LogP contribution in [0, 0.1) is 28.6 Å². The number of carbonyl (C=O) groups is 1. The number of carbonyl (C=O) groups excluding carboxylic acids is 1. The smallest absolute Gasteiger partial charge is 0.217 e. The molecule has 0 bridgehead atoms. The van der Waals surface area contributed by atoms with Crippen LogP contribution in [-0.2, 0) is 4.79 Å². The number of amides is 1. The average Bonchev–Trinajstić information content (AvgIpc) is 2.77. The van der Waals surface area contributed by atoms with Crippen LogP contribution >= 0.6 is 0 Å². The molecule has 4 heteroatoms. The third-order valence-corrected chi connectivity index (χ3v) is 7.68. The normalized spacial score (nSPS) is 51.2. The van der Waals surface area contributed by atoms with E-state index in [2.05, 4.69) is 13.8 Å². The van der Waals surface area contributed by atoms with E-state index in [0.717, 1.165) is 38.5 Å². The summed E-state index contributed by atoms with van der Waals surface area (Å²) in [5.74, 6) is 1.34. The summed E-state index contributed by atoms with van der Waals surface area (Å²) in [7, 11) is 0. The van der Waals surface area contributed by atoms with Gasteiger partial charge in [-0.2, -0.15) is 0 Å². The van der Waals surface area contributed by atoms with Crippen LogP contribution in [0.1, 0.15) is 65.2 Å². The number of primary amides is 1. The second kappa shape index (κ2) is 5.48. The highest BCUT2D eigenvalue weighted by Crippen LogP contribution is 2.63. The Morgan fingerprint density at radius 3 is 2.41 bits per heavy atom. The molecule has 7 atom stereocenters. The van der Waals surface area contributed by atoms with E-state index in [-0.39, 0.29) is 28.9 Å². The Morgan fingerprint density at radius 2 is 1.73 bits per heavy atom. The molecule has 0 aromatic heterocycles. The topological polar surface area (TPSA) is 83.6 Å². The van der Waals surface area contributed by atoms with Crippen LogP contribution in [0.2, 0.25) is 0 Å². The number of rotatable bonds is 3. The van der Waals surface area contributed by atoms with Crippen LogP contribution in [0.15, 0.2) is 0 Å². The first kappa shape index (κ1) is 16.3. The van der Waals surface area contributed by atoms with Crippen molar-refractivity contribution in [3.8, 4) is 0 Å². The third kappa shape index (κ3) is 2.30. The number of hydrogen-bond acceptors (Lipinski definition) is 3. The molecule has 0 aliphatic heterocycles. The summed E-state index contributed by atoms with van der Waals surface area (Å²) in [6, 6.07) is 0. The van der Waals surface area contributed by atoms with Crippen molar-refractivity contribution in [3.63, 3.8) is 0 Å². The second-order valence-electron chi connectivity index (χ2n) is 8.58. The minimum Gasteiger partial charge on any atom is -0.393 e. The molecular formula is C18H31NO3. The van der Waals surface area contributed by atoms with E-state index >= 15 is 0 Å². The maximum atomic E-state index is 11.2. The van der Waals surface area contributed by atoms with Crippen molar-refractivity contribution < 1.29 is 15.0 Å². The average molecular weight is 309 g/mol. The molecule has 0 spiro atoms. The predicted molar refractivity (Wildman–Crippen MR) is 84.8 cm³/mol. The van der Waals surface area contributed by atoms with Gasteiger partial charge in [0, 0.05) is 6.42 Å². The van der Waals surface area contributed by atoms with Crippen LogP contribution in [0.3, 0.4) is 0 Å². The van der Waals surface area contributed by atoms with Crippen molar-refractivity contribution in [2.24, 2.45) is 34.3 Å². The van der Waals surface area contributed by atoms with Crippen molar-refractivity contribution in [2.75, 3.05) is 0 Å². The highest BCUT2D eigenvalue weighted by atomic mass is 16.3. The molecule has 3 aliphatic rings. The van der Waals surface area contributed by atoms with Gasteiger partial charge in [-0.05, 0) is 73.5 Å². The van der Waals surface area contributed by atoms with Gasteiger partial charge in [-0.15, -0.1) is 0 Å². The highest BCUT2D eigenvalue weighted by Gasteiger charge is 2.59. The van der Waals surface area contributed by atoms with Crippen molar-refractivity contribution >= 4 is 5.91 Å². The summed E-state index contributed by atoms with van der Waals surface area (Å²) >= 11 is 0. The zero-order chi connectivity index (χ0) is 16.1. The molecule has 3 rings (SSSR count). The Morgan fingerprint density at radius 1 is 1.05 bits per heavy atom. The van der Waals surface area contributed by atoms with Crippen molar-refractivity contribution in [3.05, 3.63) is 0 Å². The molecule has 0 aromatic carbocycles. The first-order chi connectivity index (χ1) is 10.3. The van der Waals surface area contributed by atoms with E-state index in [1.165, 1.54) is 0 Å². The molecule has 3 aliphatic carbocycles. The Hall–Kier alpha value is -0.610. The molecule has 4 N–H and O–H groups in total. The Labute approximate surface area is 133 Å². The summed E-state index contributed by atoms with van der Waals surface area (Å²) in [6.45, 7) is 4.42. The lowest BCUT2D eigenvalue weighted by atomic mass is 9.48. The molecule has 126 valence electrons. The van der Waals surface area contributed by atoms with E-state index in [0.29, 0.717) is 30.6 Å². The molecule has 2 unspecified atom stereocenters. The van der Waals surface area contributed by atoms with Crippen LogP contribution in [0.4, 0.5) is 0 Å². The zero-order valence-electron chi connectivity index (χ0n) is 13.9. The zero-order valence-corrected chi connectivity index (χ0v) is 13.9. The Bertz CT molecular complexity index is 454. The molecule has 0 saturated heterocycles. The lowest BCUT2D eigenvalue weighted by Gasteiger charge is -2.57. The molecule has 1 amide bonds. The molecule has 22 heavy (non-hydrogen) atoms. The fraction of sp³-hybridized carbons (Fsp3) is 0.944. The van der Waals surface area contributed by atoms with Crippen LogP contribution in [-0.4, -0.2) is 28.3 Å². The monoisotopic (exact) mass is 309 g/mol. The maximum Gasteiger partial charge on any atom is 0.217 e. The van der Waals surface area contributed by atoms with Crippen molar-refractivity contribution in [2.45, 2.75) is 77.4 Å². The quantitative estimate of drug-likeness (QED) is 0.747. The summed E-state index contributed by atoms with van der Waals surface area (Å²) in [4.78, 5) is 11.2. The number of fused-ring (bicyclic) bond motifs is 3. The van der Waals surface area contributed by atoms with Crippen LogP contribution in [0.5, 0.6) is 0 Å². The molecular weight excluding hydrogens is 278 g/mol. The van der Waals surface area contributed by atoms with Gasteiger partial charge in [0.25, 0.3) is 0 Å². The van der Waals surface area contributed by atoms with Gasteiger partial charge in [0.15, 0.2) is 0 Å². The first-order valence-corrected chi connectivity index (χ1v) is 8.93. The van der Waals surface area contributed by atoms with Gasteiger partial charge in [0.05, 0.1) is 12.2 Å². The Balaban J connectivity index is 1.84. The largest absolute Gasteiger partial charge is 0.393 e. The predicted octanol–water partition coefficient (Wildman–Crippen LogP) is 2.22. The number of hydrogen-bond donors (Lipinski definition) is 3. The van der Waals surface area contributed by atoms with E-state index in [9.17, 15) is 15.0 Å². The molecule has 0 heterocycles. The molecule has 3 saturated carbocycles. The third-order valence-electron chi connectivity index (χ3n) is 7.68. The molecule has 0 aromatic rings. The highest BCUT2D eigenvalue weighted by molar-refractivity contribution is 5.73. The van der Waals surface area contributed by atoms with Gasteiger partial charge in [0.1, 0.15) is 0 Å². The van der Waals surface area contributed by atoms with Crippen molar-refractivity contribution in [1.29, 1.82) is 0 Å². The van der Waals surface area contributed by atoms with Gasteiger partial charge in [-0.25, -0.2) is 0 Å². The molecule has 0 radical (unpaired) electrons. The van der Waals surface area contributed by atoms with Gasteiger partial charge < -0.3 is 15.9 Å². The minimum absolute atomic E-state index is 0.0635. The van der Waals surface area contributed by atoms with Gasteiger partial charge in [0.2, 0.25) is 5.91 Å². The van der Waals surface area contributed by atoms with Gasteiger partial charge in [-0.3, -0.25) is 4.79 Å². The van der Waals surface area contributed by atoms with E-state index < -0.39 is 0 Å². The number of aliphatic hydroxyl groups excluding tert-OH is 2. The van der Waals surface area contributed by atoms with E-state index in [1.54, 1.807) is 0 Å². The molecule has 4 nitrogen and oxygen atoms in total. The van der Waals surface area contributed by atoms with Gasteiger partial charge >= 0.3 is 0 Å². The minimum atomic E-state index is -0.330. The number of nitrogens with two attached hydrogens (primary N) is 1. The van der Waals surface area contributed by atoms with Gasteiger partial charge in [-0.1, -0.05) is 13.8 Å². The van der Waals surface area contributed by atoms with E-state index in [1.807, 2.05) is 0 Å². The summed E-state index contributed by atoms with van der Waals surface area (Å²) < 4.78 is 0. The fourth-order valence-electron chi connectivity index (χ4n) is 6.15. The van der Waals surface area contributed by atoms with Crippen LogP contribution in [0.25, 0.3) is 0 Å². The standard InChI is InChI=1S/C18H31NO3/c1-17-9-7-13-11(12(17)4-6-15(17)21)3-5-14(20)18(13,2)10-8-16(19)22/h11-15,20-21H,3-10H2,1-2H3,(H2,19,22)/t11-,12-,13-,14?,15?,17-,18+/m0/s1. The van der Waals surface area contributed by atoms with Crippen LogP contribution < -0.4 is 5.73 Å². The first-order valence-electron chi connectivity index (χ1n) is 8.93. The lowest BCUT2D eigenvalue weighted by Crippen LogP contribution is -2.54. The maximum absolute atomic E-state index is 11.2. The second-order valence-corrected chi connectivity index (χ2v) is 8.58. The summed E-state index contributed by atoms with van der Waals surface area (Å²) in [6.07, 6.45) is 6.57. The lowest BCUT2D eigenvalue weighted by molar-refractivity contribution is -0.140. The summed E-state index contributed by atoms with van der Waals surface area (Å²) in [5, 5.41) is 21.1.